The Morgan fingerprint density at radius 3 is 2.63 bits per heavy atom. The van der Waals surface area contributed by atoms with Crippen LogP contribution in [0.4, 0.5) is 0 Å². The first kappa shape index (κ1) is 21.0. The summed E-state index contributed by atoms with van der Waals surface area (Å²) in [6, 6.07) is 0. The highest BCUT2D eigenvalue weighted by molar-refractivity contribution is 9.09. The molecule has 0 aromatic carbocycles. The van der Waals surface area contributed by atoms with Crippen LogP contribution in [0, 0.1) is 34.0 Å². The van der Waals surface area contributed by atoms with Gasteiger partial charge in [0.1, 0.15) is 17.2 Å². The van der Waals surface area contributed by atoms with E-state index in [1.165, 1.54) is 0 Å². The minimum Gasteiger partial charge on any atom is -0.461 e. The lowest BCUT2D eigenvalue weighted by atomic mass is 9.44. The fourth-order valence-corrected chi connectivity index (χ4v) is 6.89. The SMILES string of the molecule is C=CC1(C)CC(O)C2(C)C(C)CCC3(CCC(=O)C32)C(C)C1OC(=O)CBr. The van der Waals surface area contributed by atoms with Crippen LogP contribution in [0.1, 0.15) is 59.8 Å². The lowest BCUT2D eigenvalue weighted by molar-refractivity contribution is -0.202. The number of carbonyl (C=O) groups is 2. The van der Waals surface area contributed by atoms with Crippen LogP contribution in [0.25, 0.3) is 0 Å². The number of hydrogen-bond donors (Lipinski definition) is 1. The molecule has 8 unspecified atom stereocenters. The maximum absolute atomic E-state index is 13.1. The van der Waals surface area contributed by atoms with Crippen molar-refractivity contribution in [2.24, 2.45) is 34.0 Å². The van der Waals surface area contributed by atoms with Crippen molar-refractivity contribution in [3.05, 3.63) is 12.7 Å². The van der Waals surface area contributed by atoms with E-state index in [1.54, 1.807) is 0 Å². The van der Waals surface area contributed by atoms with E-state index in [-0.39, 0.29) is 40.3 Å². The summed E-state index contributed by atoms with van der Waals surface area (Å²) in [5.41, 5.74) is -1.21. The number of alkyl halides is 1. The molecule has 0 heterocycles. The third kappa shape index (κ3) is 2.87. The van der Waals surface area contributed by atoms with E-state index in [2.05, 4.69) is 43.3 Å². The Bertz CT molecular complexity index is 648. The predicted octanol–water partition coefficient (Wildman–Crippen LogP) is 4.29. The zero-order valence-electron chi connectivity index (χ0n) is 17.0. The number of carbonyl (C=O) groups excluding carboxylic acids is 2. The van der Waals surface area contributed by atoms with Crippen molar-refractivity contribution in [1.29, 1.82) is 0 Å². The molecule has 2 bridgehead atoms. The fourth-order valence-electron chi connectivity index (χ4n) is 6.76. The maximum atomic E-state index is 13.1. The van der Waals surface area contributed by atoms with Crippen molar-refractivity contribution in [3.63, 3.8) is 0 Å². The molecule has 1 N–H and O–H groups in total. The van der Waals surface area contributed by atoms with E-state index in [0.717, 1.165) is 19.3 Å². The van der Waals surface area contributed by atoms with Crippen molar-refractivity contribution in [2.45, 2.75) is 72.0 Å². The number of halogens is 1. The van der Waals surface area contributed by atoms with Crippen LogP contribution in [-0.4, -0.2) is 34.4 Å². The van der Waals surface area contributed by atoms with Gasteiger partial charge in [0.15, 0.2) is 0 Å². The molecule has 5 heteroatoms. The molecule has 3 aliphatic rings. The molecule has 3 fully saturated rings. The first-order valence-corrected chi connectivity index (χ1v) is 11.3. The number of Topliss-reactive ketones (excluding diaryl/α,β-unsaturated/α-hetero) is 1. The lowest BCUT2D eigenvalue weighted by Crippen LogP contribution is -2.63. The molecule has 0 aliphatic heterocycles. The summed E-state index contributed by atoms with van der Waals surface area (Å²) in [4.78, 5) is 25.3. The second-order valence-electron chi connectivity index (χ2n) is 9.70. The standard InChI is InChI=1S/C22H33BrO4/c1-6-20(4)11-16(25)21(5)13(2)7-9-22(10-8-15(24)18(21)22)14(3)19(20)27-17(26)12-23/h6,13-14,16,18-19,25H,1,7-12H2,2-5H3. The van der Waals surface area contributed by atoms with Crippen LogP contribution in [0.5, 0.6) is 0 Å². The van der Waals surface area contributed by atoms with Gasteiger partial charge >= 0.3 is 5.97 Å². The highest BCUT2D eigenvalue weighted by Crippen LogP contribution is 2.67. The normalized spacial score (nSPS) is 49.7. The third-order valence-corrected chi connectivity index (χ3v) is 9.11. The summed E-state index contributed by atoms with van der Waals surface area (Å²) in [5.74, 6) is 0.107. The predicted molar refractivity (Wildman–Crippen MR) is 108 cm³/mol. The summed E-state index contributed by atoms with van der Waals surface area (Å²) in [7, 11) is 0. The lowest BCUT2D eigenvalue weighted by Gasteiger charge is -2.61. The molecule has 4 nitrogen and oxygen atoms in total. The van der Waals surface area contributed by atoms with Gasteiger partial charge in [-0.25, -0.2) is 0 Å². The van der Waals surface area contributed by atoms with E-state index >= 15 is 0 Å². The number of hydrogen-bond acceptors (Lipinski definition) is 4. The van der Waals surface area contributed by atoms with Crippen LogP contribution < -0.4 is 0 Å². The second kappa shape index (κ2) is 6.98. The topological polar surface area (TPSA) is 63.6 Å². The summed E-state index contributed by atoms with van der Waals surface area (Å²) in [6.07, 6.45) is 4.57. The molecule has 8 atom stereocenters. The number of aliphatic hydroxyl groups excluding tert-OH is 1. The van der Waals surface area contributed by atoms with Gasteiger partial charge in [-0.2, -0.15) is 0 Å². The van der Waals surface area contributed by atoms with Crippen LogP contribution in [0.3, 0.4) is 0 Å². The van der Waals surface area contributed by atoms with Crippen molar-refractivity contribution >= 4 is 27.7 Å². The molecule has 3 rings (SSSR count). The van der Waals surface area contributed by atoms with Crippen molar-refractivity contribution in [2.75, 3.05) is 5.33 Å². The summed E-state index contributed by atoms with van der Waals surface area (Å²) in [5, 5.41) is 11.6. The van der Waals surface area contributed by atoms with Gasteiger partial charge in [-0.3, -0.25) is 9.59 Å². The summed E-state index contributed by atoms with van der Waals surface area (Å²) in [6.45, 7) is 12.5. The fraction of sp³-hybridized carbons (Fsp3) is 0.818. The molecule has 0 amide bonds. The number of aliphatic hydroxyl groups is 1. The molecule has 0 spiro atoms. The molecule has 3 aliphatic carbocycles. The maximum Gasteiger partial charge on any atom is 0.316 e. The van der Waals surface area contributed by atoms with Gasteiger partial charge in [-0.05, 0) is 37.0 Å². The Morgan fingerprint density at radius 1 is 1.37 bits per heavy atom. The van der Waals surface area contributed by atoms with Crippen molar-refractivity contribution in [1.82, 2.24) is 0 Å². The van der Waals surface area contributed by atoms with Crippen LogP contribution in [0.2, 0.25) is 0 Å². The number of rotatable bonds is 3. The van der Waals surface area contributed by atoms with E-state index in [0.29, 0.717) is 12.8 Å². The van der Waals surface area contributed by atoms with Gasteiger partial charge in [-0.15, -0.1) is 6.58 Å². The number of ketones is 1. The van der Waals surface area contributed by atoms with E-state index in [1.807, 2.05) is 13.0 Å². The minimum absolute atomic E-state index is 0.0271. The molecule has 3 saturated carbocycles. The first-order valence-electron chi connectivity index (χ1n) is 10.2. The molecule has 0 aromatic heterocycles. The average molecular weight is 441 g/mol. The molecule has 0 saturated heterocycles. The Kier molecular flexibility index (Phi) is 5.44. The van der Waals surface area contributed by atoms with Gasteiger partial charge in [0, 0.05) is 29.1 Å². The molecule has 0 radical (unpaired) electrons. The summed E-state index contributed by atoms with van der Waals surface area (Å²) >= 11 is 3.20. The van der Waals surface area contributed by atoms with E-state index in [9.17, 15) is 14.7 Å². The van der Waals surface area contributed by atoms with Crippen LogP contribution >= 0.6 is 15.9 Å². The molecule has 27 heavy (non-hydrogen) atoms. The molecule has 152 valence electrons. The minimum atomic E-state index is -0.639. The van der Waals surface area contributed by atoms with E-state index < -0.39 is 23.0 Å². The van der Waals surface area contributed by atoms with Crippen LogP contribution in [0.15, 0.2) is 12.7 Å². The average Bonchev–Trinajstić information content (AvgIpc) is 2.99. The number of esters is 1. The zero-order valence-corrected chi connectivity index (χ0v) is 18.5. The van der Waals surface area contributed by atoms with Gasteiger partial charge in [0.2, 0.25) is 0 Å². The highest BCUT2D eigenvalue weighted by atomic mass is 79.9. The van der Waals surface area contributed by atoms with Crippen molar-refractivity contribution < 1.29 is 19.4 Å². The Balaban J connectivity index is 2.18. The Labute approximate surface area is 171 Å². The van der Waals surface area contributed by atoms with Crippen molar-refractivity contribution in [3.8, 4) is 0 Å². The first-order chi connectivity index (χ1) is 12.6. The smallest absolute Gasteiger partial charge is 0.316 e. The Morgan fingerprint density at radius 2 is 2.04 bits per heavy atom. The van der Waals surface area contributed by atoms with Gasteiger partial charge in [0.25, 0.3) is 0 Å². The number of ether oxygens (including phenoxy) is 1. The summed E-state index contributed by atoms with van der Waals surface area (Å²) < 4.78 is 5.95. The quantitative estimate of drug-likeness (QED) is 0.403. The zero-order chi connectivity index (χ0) is 20.2. The van der Waals surface area contributed by atoms with Crippen LogP contribution in [-0.2, 0) is 14.3 Å². The van der Waals surface area contributed by atoms with Gasteiger partial charge in [0.05, 0.1) is 6.10 Å². The molecule has 0 aromatic rings. The monoisotopic (exact) mass is 440 g/mol. The second-order valence-corrected chi connectivity index (χ2v) is 10.3. The van der Waals surface area contributed by atoms with E-state index in [4.69, 9.17) is 4.74 Å². The largest absolute Gasteiger partial charge is 0.461 e. The van der Waals surface area contributed by atoms with Gasteiger partial charge in [-0.1, -0.05) is 49.7 Å². The van der Waals surface area contributed by atoms with Gasteiger partial charge < -0.3 is 9.84 Å². The third-order valence-electron chi connectivity index (χ3n) is 8.66. The molecular formula is C22H33BrO4. The highest BCUT2D eigenvalue weighted by Gasteiger charge is 2.67. The molecular weight excluding hydrogens is 408 g/mol. The Hall–Kier alpha value is -0.680.